The maximum Gasteiger partial charge on any atom is 0.222 e. The van der Waals surface area contributed by atoms with Crippen molar-refractivity contribution in [1.29, 1.82) is 0 Å². The van der Waals surface area contributed by atoms with E-state index in [2.05, 4.69) is 5.32 Å². The van der Waals surface area contributed by atoms with Crippen molar-refractivity contribution in [2.75, 3.05) is 39.5 Å². The van der Waals surface area contributed by atoms with Crippen LogP contribution in [0.5, 0.6) is 0 Å². The van der Waals surface area contributed by atoms with E-state index in [-0.39, 0.29) is 44.5 Å². The quantitative estimate of drug-likeness (QED) is 0.0743. The second-order valence-electron chi connectivity index (χ2n) is 10.7. The molecule has 2 fully saturated rings. The standard InChI is InChI=1S/C27H50N2O13/c1-3-28-18(31)9-6-4-5-7-10-19(32)29(12-14-40-26-24(37)22(35)20(33)16(2)41-26)11-8-13-39-27-25(38)23(36)21(34)17(15-30)42-27/h16-17,20-27,30,33-38H,3-15H2,1-2H3,(H,28,31)/t16-,17+,20+,21+,22+,23-,24-,25-,26+,27+/m0/s1. The van der Waals surface area contributed by atoms with Gasteiger partial charge in [0.1, 0.15) is 42.7 Å². The zero-order chi connectivity index (χ0) is 31.2. The van der Waals surface area contributed by atoms with Crippen LogP contribution in [-0.4, -0.2) is 153 Å². The summed E-state index contributed by atoms with van der Waals surface area (Å²) in [5.41, 5.74) is 0. The summed E-state index contributed by atoms with van der Waals surface area (Å²) in [5, 5.41) is 72.1. The van der Waals surface area contributed by atoms with Crippen molar-refractivity contribution >= 4 is 11.8 Å². The largest absolute Gasteiger partial charge is 0.394 e. The van der Waals surface area contributed by atoms with Crippen LogP contribution in [0.3, 0.4) is 0 Å². The third-order valence-electron chi connectivity index (χ3n) is 7.43. The lowest BCUT2D eigenvalue weighted by molar-refractivity contribution is -0.301. The normalized spacial score (nSPS) is 33.4. The van der Waals surface area contributed by atoms with Crippen LogP contribution in [0, 0.1) is 0 Å². The molecule has 15 heteroatoms. The minimum atomic E-state index is -1.56. The van der Waals surface area contributed by atoms with Crippen molar-refractivity contribution in [3.8, 4) is 0 Å². The molecule has 8 N–H and O–H groups in total. The van der Waals surface area contributed by atoms with E-state index in [1.165, 1.54) is 6.92 Å². The molecular weight excluding hydrogens is 560 g/mol. The number of nitrogens with zero attached hydrogens (tertiary/aromatic N) is 1. The fraction of sp³-hybridized carbons (Fsp3) is 0.926. The Labute approximate surface area is 246 Å². The molecule has 0 aliphatic carbocycles. The molecular formula is C27H50N2O13. The van der Waals surface area contributed by atoms with Crippen LogP contribution in [0.25, 0.3) is 0 Å². The van der Waals surface area contributed by atoms with Gasteiger partial charge in [0.2, 0.25) is 11.8 Å². The van der Waals surface area contributed by atoms with Crippen LogP contribution in [0.1, 0.15) is 58.8 Å². The van der Waals surface area contributed by atoms with Crippen molar-refractivity contribution in [2.45, 2.75) is 120 Å². The maximum absolute atomic E-state index is 13.0. The SMILES string of the molecule is CCNC(=O)CCCCCCC(=O)N(CCCO[C@@H]1O[C@H](CO)[C@@H](O)[C@H](O)[C@@H]1O)CCO[C@@H]1O[C@@H](C)[C@@H](O)[C@@H](O)[C@@H]1O. The first-order chi connectivity index (χ1) is 20.0. The first-order valence-electron chi connectivity index (χ1n) is 14.8. The number of aliphatic hydroxyl groups excluding tert-OH is 7. The smallest absolute Gasteiger partial charge is 0.222 e. The molecule has 2 heterocycles. The lowest BCUT2D eigenvalue weighted by atomic mass is 9.99. The predicted octanol–water partition coefficient (Wildman–Crippen LogP) is -2.66. The molecule has 0 aromatic rings. The average molecular weight is 611 g/mol. The van der Waals surface area contributed by atoms with Gasteiger partial charge in [-0.2, -0.15) is 0 Å². The van der Waals surface area contributed by atoms with Gasteiger partial charge in [-0.3, -0.25) is 9.59 Å². The Morgan fingerprint density at radius 1 is 0.738 bits per heavy atom. The second-order valence-corrected chi connectivity index (χ2v) is 10.7. The highest BCUT2D eigenvalue weighted by molar-refractivity contribution is 5.76. The molecule has 0 spiro atoms. The van der Waals surface area contributed by atoms with Gasteiger partial charge in [0.05, 0.1) is 25.9 Å². The number of amides is 2. The molecule has 42 heavy (non-hydrogen) atoms. The molecule has 2 aliphatic rings. The van der Waals surface area contributed by atoms with E-state index in [9.17, 15) is 45.3 Å². The number of unbranched alkanes of at least 4 members (excludes halogenated alkanes) is 3. The van der Waals surface area contributed by atoms with Gasteiger partial charge in [-0.15, -0.1) is 0 Å². The summed E-state index contributed by atoms with van der Waals surface area (Å²) in [4.78, 5) is 26.1. The van der Waals surface area contributed by atoms with Crippen LogP contribution in [0.15, 0.2) is 0 Å². The molecule has 10 atom stereocenters. The number of hydrogen-bond acceptors (Lipinski definition) is 13. The topological polar surface area (TPSA) is 228 Å². The van der Waals surface area contributed by atoms with Gasteiger partial charge < -0.3 is 64.9 Å². The average Bonchev–Trinajstić information content (AvgIpc) is 2.97. The number of carbonyl (C=O) groups is 2. The van der Waals surface area contributed by atoms with E-state index < -0.39 is 68.0 Å². The highest BCUT2D eigenvalue weighted by Crippen LogP contribution is 2.23. The van der Waals surface area contributed by atoms with Crippen molar-refractivity contribution in [1.82, 2.24) is 10.2 Å². The summed E-state index contributed by atoms with van der Waals surface area (Å²) in [6.45, 7) is 3.79. The highest BCUT2D eigenvalue weighted by atomic mass is 16.7. The monoisotopic (exact) mass is 610 g/mol. The zero-order valence-corrected chi connectivity index (χ0v) is 24.5. The summed E-state index contributed by atoms with van der Waals surface area (Å²) in [5.74, 6) is -0.140. The lowest BCUT2D eigenvalue weighted by Gasteiger charge is -2.39. The van der Waals surface area contributed by atoms with Gasteiger partial charge in [-0.05, 0) is 33.1 Å². The van der Waals surface area contributed by atoms with Crippen LogP contribution < -0.4 is 5.32 Å². The van der Waals surface area contributed by atoms with Crippen molar-refractivity contribution in [3.05, 3.63) is 0 Å². The molecule has 2 saturated heterocycles. The van der Waals surface area contributed by atoms with E-state index in [1.807, 2.05) is 6.92 Å². The summed E-state index contributed by atoms with van der Waals surface area (Å²) in [7, 11) is 0. The minimum Gasteiger partial charge on any atom is -0.394 e. The fourth-order valence-electron chi connectivity index (χ4n) is 4.81. The third-order valence-corrected chi connectivity index (χ3v) is 7.43. The van der Waals surface area contributed by atoms with Crippen LogP contribution in [-0.2, 0) is 28.5 Å². The molecule has 0 aromatic carbocycles. The Hall–Kier alpha value is -1.50. The molecule has 15 nitrogen and oxygen atoms in total. The van der Waals surface area contributed by atoms with Crippen LogP contribution >= 0.6 is 0 Å². The molecule has 0 unspecified atom stereocenters. The maximum atomic E-state index is 13.0. The number of carbonyl (C=O) groups excluding carboxylic acids is 2. The van der Waals surface area contributed by atoms with E-state index in [1.54, 1.807) is 4.90 Å². The van der Waals surface area contributed by atoms with Gasteiger partial charge in [-0.25, -0.2) is 0 Å². The Kier molecular flexibility index (Phi) is 16.6. The van der Waals surface area contributed by atoms with E-state index in [0.29, 0.717) is 25.8 Å². The zero-order valence-electron chi connectivity index (χ0n) is 24.5. The summed E-state index contributed by atoms with van der Waals surface area (Å²) >= 11 is 0. The van der Waals surface area contributed by atoms with Crippen molar-refractivity contribution < 1.29 is 64.3 Å². The lowest BCUT2D eigenvalue weighted by Crippen LogP contribution is -2.59. The second kappa shape index (κ2) is 19.0. The Morgan fingerprint density at radius 3 is 1.98 bits per heavy atom. The Bertz CT molecular complexity index is 791. The number of aliphatic hydroxyl groups is 7. The van der Waals surface area contributed by atoms with Gasteiger partial charge in [0, 0.05) is 32.5 Å². The molecule has 0 aromatic heterocycles. The molecule has 2 rings (SSSR count). The Morgan fingerprint density at radius 2 is 1.33 bits per heavy atom. The molecule has 0 saturated carbocycles. The fourth-order valence-corrected chi connectivity index (χ4v) is 4.81. The number of hydrogen-bond donors (Lipinski definition) is 8. The van der Waals surface area contributed by atoms with Crippen LogP contribution in [0.4, 0.5) is 0 Å². The summed E-state index contributed by atoms with van der Waals surface area (Å²) in [6.07, 6.45) is -9.11. The summed E-state index contributed by atoms with van der Waals surface area (Å²) < 4.78 is 21.9. The number of rotatable bonds is 18. The summed E-state index contributed by atoms with van der Waals surface area (Å²) in [6, 6.07) is 0. The van der Waals surface area contributed by atoms with Gasteiger partial charge in [-0.1, -0.05) is 12.8 Å². The van der Waals surface area contributed by atoms with Gasteiger partial charge >= 0.3 is 0 Å². The van der Waals surface area contributed by atoms with Crippen molar-refractivity contribution in [2.24, 2.45) is 0 Å². The first-order valence-corrected chi connectivity index (χ1v) is 14.8. The molecule has 2 aliphatic heterocycles. The minimum absolute atomic E-state index is 0.00849. The van der Waals surface area contributed by atoms with E-state index in [0.717, 1.165) is 19.3 Å². The number of nitrogens with one attached hydrogen (secondary N) is 1. The van der Waals surface area contributed by atoms with E-state index in [4.69, 9.17) is 18.9 Å². The van der Waals surface area contributed by atoms with Gasteiger partial charge in [0.15, 0.2) is 12.6 Å². The van der Waals surface area contributed by atoms with Crippen molar-refractivity contribution in [3.63, 3.8) is 0 Å². The predicted molar refractivity (Wildman–Crippen MR) is 146 cm³/mol. The molecule has 0 bridgehead atoms. The number of ether oxygens (including phenoxy) is 4. The Balaban J connectivity index is 1.84. The highest BCUT2D eigenvalue weighted by Gasteiger charge is 2.44. The third kappa shape index (κ3) is 11.2. The molecule has 2 amide bonds. The molecule has 0 radical (unpaired) electrons. The first kappa shape index (κ1) is 36.7. The van der Waals surface area contributed by atoms with Gasteiger partial charge in [0.25, 0.3) is 0 Å². The molecule has 246 valence electrons. The van der Waals surface area contributed by atoms with E-state index >= 15 is 0 Å². The van der Waals surface area contributed by atoms with Crippen LogP contribution in [0.2, 0.25) is 0 Å².